The molecule has 1 heterocycles. The highest BCUT2D eigenvalue weighted by atomic mass is 19.2. The molecule has 0 radical (unpaired) electrons. The first kappa shape index (κ1) is 17.3. The minimum Gasteiger partial charge on any atom is -0.443 e. The monoisotopic (exact) mass is 329 g/mol. The van der Waals surface area contributed by atoms with Crippen molar-refractivity contribution >= 4 is 12.0 Å². The van der Waals surface area contributed by atoms with Crippen molar-refractivity contribution in [1.82, 2.24) is 4.90 Å². The van der Waals surface area contributed by atoms with Crippen molar-refractivity contribution in [1.29, 1.82) is 0 Å². The highest BCUT2D eigenvalue weighted by Gasteiger charge is 2.38. The number of benzene rings is 1. The summed E-state index contributed by atoms with van der Waals surface area (Å²) in [5, 5.41) is 0. The number of carbonyl (C=O) groups excluding carboxylic acids is 2. The van der Waals surface area contributed by atoms with Gasteiger partial charge in [0.05, 0.1) is 0 Å². The third kappa shape index (κ3) is 3.83. The van der Waals surface area contributed by atoms with Crippen molar-refractivity contribution < 1.29 is 27.5 Å². The number of imide groups is 1. The summed E-state index contributed by atoms with van der Waals surface area (Å²) in [6, 6.07) is 1.93. The van der Waals surface area contributed by atoms with Crippen LogP contribution in [0.4, 0.5) is 18.0 Å². The Morgan fingerprint density at radius 1 is 1.26 bits per heavy atom. The highest BCUT2D eigenvalue weighted by Crippen LogP contribution is 2.26. The summed E-state index contributed by atoms with van der Waals surface area (Å²) in [7, 11) is 0. The summed E-state index contributed by atoms with van der Waals surface area (Å²) < 4.78 is 45.0. The number of carbonyl (C=O) groups is 2. The molecule has 1 aromatic carbocycles. The average molecular weight is 329 g/mol. The zero-order valence-corrected chi connectivity index (χ0v) is 13.2. The molecule has 2 rings (SSSR count). The van der Waals surface area contributed by atoms with Gasteiger partial charge in [-0.1, -0.05) is 6.07 Å². The summed E-state index contributed by atoms with van der Waals surface area (Å²) in [5.41, 5.74) is -0.824. The average Bonchev–Trinajstić information content (AvgIpc) is 2.79. The lowest BCUT2D eigenvalue weighted by molar-refractivity contribution is -0.130. The molecule has 23 heavy (non-hydrogen) atoms. The standard InChI is InChI=1S/C16H18F3NO3/c1-16(2,3)23-15(22)20-7-6-10(14(20)21)8-9-4-5-11(17)13(19)12(9)18/h4-5,10H,6-8H2,1-3H3. The van der Waals surface area contributed by atoms with Gasteiger partial charge in [-0.3, -0.25) is 4.79 Å². The normalized spacial score (nSPS) is 18.4. The number of likely N-dealkylation sites (tertiary alicyclic amines) is 1. The van der Waals surface area contributed by atoms with Crippen LogP contribution in [0.25, 0.3) is 0 Å². The fourth-order valence-corrected chi connectivity index (χ4v) is 2.42. The topological polar surface area (TPSA) is 46.6 Å². The largest absolute Gasteiger partial charge is 0.443 e. The van der Waals surface area contributed by atoms with E-state index in [1.165, 1.54) is 0 Å². The van der Waals surface area contributed by atoms with E-state index in [0.717, 1.165) is 17.0 Å². The van der Waals surface area contributed by atoms with Gasteiger partial charge in [-0.2, -0.15) is 0 Å². The van der Waals surface area contributed by atoms with Crippen molar-refractivity contribution in [3.05, 3.63) is 35.1 Å². The van der Waals surface area contributed by atoms with Crippen LogP contribution in [0.3, 0.4) is 0 Å². The van der Waals surface area contributed by atoms with Crippen LogP contribution in [0.5, 0.6) is 0 Å². The fourth-order valence-electron chi connectivity index (χ4n) is 2.42. The van der Waals surface area contributed by atoms with Crippen molar-refractivity contribution in [3.63, 3.8) is 0 Å². The zero-order valence-electron chi connectivity index (χ0n) is 13.2. The van der Waals surface area contributed by atoms with Gasteiger partial charge in [0.2, 0.25) is 5.91 Å². The van der Waals surface area contributed by atoms with Crippen LogP contribution >= 0.6 is 0 Å². The molecule has 1 saturated heterocycles. The number of amides is 2. The van der Waals surface area contributed by atoms with Gasteiger partial charge in [0.1, 0.15) is 5.60 Å². The van der Waals surface area contributed by atoms with Crippen molar-refractivity contribution in [2.45, 2.75) is 39.2 Å². The Morgan fingerprint density at radius 2 is 1.91 bits per heavy atom. The van der Waals surface area contributed by atoms with Crippen LogP contribution in [-0.2, 0) is 16.0 Å². The van der Waals surface area contributed by atoms with E-state index in [9.17, 15) is 22.8 Å². The van der Waals surface area contributed by atoms with Gasteiger partial charge in [-0.25, -0.2) is 22.9 Å². The van der Waals surface area contributed by atoms with E-state index >= 15 is 0 Å². The number of halogens is 3. The van der Waals surface area contributed by atoms with Crippen molar-refractivity contribution in [2.75, 3.05) is 6.54 Å². The first-order chi connectivity index (χ1) is 10.6. The molecule has 1 aliphatic heterocycles. The van der Waals surface area contributed by atoms with Crippen LogP contribution in [0.1, 0.15) is 32.8 Å². The van der Waals surface area contributed by atoms with Gasteiger partial charge in [-0.15, -0.1) is 0 Å². The molecule has 0 spiro atoms. The van der Waals surface area contributed by atoms with E-state index in [1.807, 2.05) is 0 Å². The van der Waals surface area contributed by atoms with Gasteiger partial charge < -0.3 is 4.74 Å². The van der Waals surface area contributed by atoms with E-state index < -0.39 is 41.0 Å². The lowest BCUT2D eigenvalue weighted by Crippen LogP contribution is -2.38. The predicted octanol–water partition coefficient (Wildman–Crippen LogP) is 3.43. The second-order valence-corrected chi connectivity index (χ2v) is 6.49. The molecular formula is C16H18F3NO3. The quantitative estimate of drug-likeness (QED) is 0.781. The number of rotatable bonds is 2. The molecule has 1 unspecified atom stereocenters. The Hall–Kier alpha value is -2.05. The smallest absolute Gasteiger partial charge is 0.417 e. The maximum absolute atomic E-state index is 13.7. The van der Waals surface area contributed by atoms with Crippen LogP contribution in [-0.4, -0.2) is 29.0 Å². The lowest BCUT2D eigenvalue weighted by atomic mass is 9.97. The molecular weight excluding hydrogens is 311 g/mol. The molecule has 0 bridgehead atoms. The Labute approximate surface area is 132 Å². The Bertz CT molecular complexity index is 640. The number of nitrogens with zero attached hydrogens (tertiary/aromatic N) is 1. The summed E-state index contributed by atoms with van der Waals surface area (Å²) in [4.78, 5) is 25.1. The molecule has 4 nitrogen and oxygen atoms in total. The van der Waals surface area contributed by atoms with Crippen LogP contribution in [0, 0.1) is 23.4 Å². The Morgan fingerprint density at radius 3 is 2.52 bits per heavy atom. The van der Waals surface area contributed by atoms with Gasteiger partial charge in [0, 0.05) is 12.5 Å². The molecule has 1 aliphatic rings. The third-order valence-corrected chi connectivity index (χ3v) is 3.51. The molecule has 0 N–H and O–H groups in total. The van der Waals surface area contributed by atoms with Crippen LogP contribution < -0.4 is 0 Å². The predicted molar refractivity (Wildman–Crippen MR) is 76.1 cm³/mol. The second kappa shape index (κ2) is 6.22. The first-order valence-electron chi connectivity index (χ1n) is 7.27. The summed E-state index contributed by atoms with van der Waals surface area (Å²) >= 11 is 0. The SMILES string of the molecule is CC(C)(C)OC(=O)N1CCC(Cc2ccc(F)c(F)c2F)C1=O. The number of hydrogen-bond donors (Lipinski definition) is 0. The summed E-state index contributed by atoms with van der Waals surface area (Å²) in [5.74, 6) is -5.30. The molecule has 126 valence electrons. The van der Waals surface area contributed by atoms with E-state index in [0.29, 0.717) is 6.42 Å². The van der Waals surface area contributed by atoms with E-state index in [-0.39, 0.29) is 18.5 Å². The maximum Gasteiger partial charge on any atom is 0.417 e. The molecule has 2 amide bonds. The number of ether oxygens (including phenoxy) is 1. The molecule has 0 aromatic heterocycles. The summed E-state index contributed by atoms with van der Waals surface area (Å²) in [6.45, 7) is 5.20. The Kier molecular flexibility index (Phi) is 4.68. The molecule has 0 aliphatic carbocycles. The van der Waals surface area contributed by atoms with Gasteiger partial charge >= 0.3 is 6.09 Å². The van der Waals surface area contributed by atoms with E-state index in [1.54, 1.807) is 20.8 Å². The summed E-state index contributed by atoms with van der Waals surface area (Å²) in [6.07, 6.45) is -0.534. The zero-order chi connectivity index (χ0) is 17.4. The molecule has 7 heteroatoms. The Balaban J connectivity index is 2.08. The molecule has 1 aromatic rings. The maximum atomic E-state index is 13.7. The van der Waals surface area contributed by atoms with E-state index in [4.69, 9.17) is 4.74 Å². The number of hydrogen-bond acceptors (Lipinski definition) is 3. The minimum atomic E-state index is -1.56. The lowest BCUT2D eigenvalue weighted by Gasteiger charge is -2.23. The van der Waals surface area contributed by atoms with Crippen LogP contribution in [0.2, 0.25) is 0 Å². The van der Waals surface area contributed by atoms with Crippen LogP contribution in [0.15, 0.2) is 12.1 Å². The van der Waals surface area contributed by atoms with Crippen molar-refractivity contribution in [2.24, 2.45) is 5.92 Å². The molecule has 0 saturated carbocycles. The molecule has 1 atom stereocenters. The van der Waals surface area contributed by atoms with Gasteiger partial charge in [0.15, 0.2) is 17.5 Å². The van der Waals surface area contributed by atoms with Crippen molar-refractivity contribution in [3.8, 4) is 0 Å². The molecule has 1 fully saturated rings. The van der Waals surface area contributed by atoms with Gasteiger partial charge in [0.25, 0.3) is 0 Å². The third-order valence-electron chi connectivity index (χ3n) is 3.51. The first-order valence-corrected chi connectivity index (χ1v) is 7.27. The highest BCUT2D eigenvalue weighted by molar-refractivity contribution is 5.95. The minimum absolute atomic E-state index is 0.0895. The fraction of sp³-hybridized carbons (Fsp3) is 0.500. The van der Waals surface area contributed by atoms with Gasteiger partial charge in [-0.05, 0) is 45.2 Å². The van der Waals surface area contributed by atoms with E-state index in [2.05, 4.69) is 0 Å². The second-order valence-electron chi connectivity index (χ2n) is 6.49.